The molecule has 2 fully saturated rings. The van der Waals surface area contributed by atoms with Crippen LogP contribution in [-0.4, -0.2) is 142 Å². The first-order valence-corrected chi connectivity index (χ1v) is 28.1. The molecule has 2 aliphatic heterocycles. The minimum atomic E-state index is -1.77. The van der Waals surface area contributed by atoms with E-state index in [2.05, 4.69) is 50.3 Å². The van der Waals surface area contributed by atoms with Gasteiger partial charge in [0, 0.05) is 12.8 Å². The molecule has 0 saturated carbocycles. The number of hydrogen-bond donors (Lipinski definition) is 7. The quantitative estimate of drug-likeness (QED) is 0.0172. The Morgan fingerprint density at radius 1 is 0.451 bits per heavy atom. The van der Waals surface area contributed by atoms with Gasteiger partial charge < -0.3 is 64.2 Å². The molecule has 0 aromatic rings. The van der Waals surface area contributed by atoms with Gasteiger partial charge in [-0.3, -0.25) is 9.59 Å². The molecular formula is C56H100O15. The molecule has 0 amide bonds. The molecular weight excluding hydrogens is 913 g/mol. The molecule has 2 saturated heterocycles. The van der Waals surface area contributed by atoms with Crippen LogP contribution in [0.2, 0.25) is 0 Å². The number of carbonyl (C=O) groups excluding carboxylic acids is 2. The number of hydrogen-bond acceptors (Lipinski definition) is 15. The number of ether oxygens (including phenoxy) is 6. The third kappa shape index (κ3) is 30.6. The zero-order valence-electron chi connectivity index (χ0n) is 44.0. The molecule has 2 heterocycles. The summed E-state index contributed by atoms with van der Waals surface area (Å²) in [6.07, 6.45) is 30.2. The van der Waals surface area contributed by atoms with Crippen molar-refractivity contribution < 1.29 is 73.8 Å². The molecule has 0 aromatic heterocycles. The minimum absolute atomic E-state index is 0.162. The fraction of sp³-hybridized carbons (Fsp3) is 0.857. The smallest absolute Gasteiger partial charge is 0.306 e. The third-order valence-corrected chi connectivity index (χ3v) is 13.3. The second-order valence-corrected chi connectivity index (χ2v) is 19.8. The van der Waals surface area contributed by atoms with Gasteiger partial charge in [-0.2, -0.15) is 0 Å². The van der Waals surface area contributed by atoms with Gasteiger partial charge in [-0.1, -0.05) is 172 Å². The van der Waals surface area contributed by atoms with Crippen molar-refractivity contribution >= 4 is 11.9 Å². The normalized spacial score (nSPS) is 25.4. The second kappa shape index (κ2) is 43.0. The van der Waals surface area contributed by atoms with Gasteiger partial charge in [0.1, 0.15) is 55.4 Å². The van der Waals surface area contributed by atoms with Gasteiger partial charge in [0.2, 0.25) is 0 Å². The van der Waals surface area contributed by atoms with Gasteiger partial charge in [-0.05, 0) is 64.2 Å². The van der Waals surface area contributed by atoms with Crippen molar-refractivity contribution in [1.29, 1.82) is 0 Å². The molecule has 2 rings (SSSR count). The molecule has 11 atom stereocenters. The van der Waals surface area contributed by atoms with E-state index in [-0.39, 0.29) is 26.1 Å². The number of carbonyl (C=O) groups is 2. The van der Waals surface area contributed by atoms with E-state index in [0.717, 1.165) is 64.2 Å². The van der Waals surface area contributed by atoms with Crippen molar-refractivity contribution in [3.05, 3.63) is 36.5 Å². The first kappa shape index (κ1) is 64.8. The van der Waals surface area contributed by atoms with E-state index in [9.17, 15) is 45.3 Å². The van der Waals surface area contributed by atoms with Crippen molar-refractivity contribution in [2.75, 3.05) is 26.4 Å². The van der Waals surface area contributed by atoms with Crippen LogP contribution in [0.1, 0.15) is 213 Å². The Morgan fingerprint density at radius 2 is 0.859 bits per heavy atom. The lowest BCUT2D eigenvalue weighted by molar-refractivity contribution is -0.332. The summed E-state index contributed by atoms with van der Waals surface area (Å²) in [6, 6.07) is 0. The fourth-order valence-electron chi connectivity index (χ4n) is 8.70. The molecule has 15 nitrogen and oxygen atoms in total. The Hall–Kier alpha value is -2.28. The van der Waals surface area contributed by atoms with Crippen LogP contribution in [-0.2, 0) is 38.0 Å². The Morgan fingerprint density at radius 3 is 1.37 bits per heavy atom. The summed E-state index contributed by atoms with van der Waals surface area (Å²) in [5, 5.41) is 72.2. The summed E-state index contributed by atoms with van der Waals surface area (Å²) in [6.45, 7) is 2.55. The first-order valence-electron chi connectivity index (χ1n) is 28.1. The Bertz CT molecular complexity index is 1380. The van der Waals surface area contributed by atoms with Crippen LogP contribution in [0.25, 0.3) is 0 Å². The van der Waals surface area contributed by atoms with Crippen LogP contribution < -0.4 is 0 Å². The zero-order chi connectivity index (χ0) is 51.7. The number of aliphatic hydroxyl groups is 7. The van der Waals surface area contributed by atoms with E-state index in [1.54, 1.807) is 0 Å². The van der Waals surface area contributed by atoms with Crippen LogP contribution in [0.3, 0.4) is 0 Å². The summed E-state index contributed by atoms with van der Waals surface area (Å²) in [4.78, 5) is 25.8. The lowest BCUT2D eigenvalue weighted by Gasteiger charge is -2.42. The topological polar surface area (TPSA) is 231 Å². The highest BCUT2D eigenvalue weighted by Gasteiger charge is 2.47. The molecule has 2 aliphatic rings. The van der Waals surface area contributed by atoms with Crippen LogP contribution >= 0.6 is 0 Å². The van der Waals surface area contributed by atoms with Crippen LogP contribution in [0, 0.1) is 0 Å². The Kier molecular flexibility index (Phi) is 39.3. The Labute approximate surface area is 427 Å². The number of esters is 2. The molecule has 71 heavy (non-hydrogen) atoms. The highest BCUT2D eigenvalue weighted by Crippen LogP contribution is 2.27. The van der Waals surface area contributed by atoms with Crippen molar-refractivity contribution in [1.82, 2.24) is 0 Å². The van der Waals surface area contributed by atoms with Crippen molar-refractivity contribution in [2.45, 2.75) is 280 Å². The summed E-state index contributed by atoms with van der Waals surface area (Å²) in [5.41, 5.74) is 0. The predicted octanol–water partition coefficient (Wildman–Crippen LogP) is 8.88. The van der Waals surface area contributed by atoms with Gasteiger partial charge in [-0.25, -0.2) is 0 Å². The first-order chi connectivity index (χ1) is 34.5. The van der Waals surface area contributed by atoms with E-state index in [0.29, 0.717) is 12.8 Å². The van der Waals surface area contributed by atoms with Crippen LogP contribution in [0.15, 0.2) is 36.5 Å². The second-order valence-electron chi connectivity index (χ2n) is 19.8. The third-order valence-electron chi connectivity index (χ3n) is 13.3. The molecule has 4 unspecified atom stereocenters. The van der Waals surface area contributed by atoms with Gasteiger partial charge in [-0.15, -0.1) is 0 Å². The predicted molar refractivity (Wildman–Crippen MR) is 275 cm³/mol. The minimum Gasteiger partial charge on any atom is -0.462 e. The van der Waals surface area contributed by atoms with Crippen molar-refractivity contribution in [3.8, 4) is 0 Å². The van der Waals surface area contributed by atoms with Gasteiger partial charge in [0.05, 0.1) is 19.8 Å². The average molecular weight is 1010 g/mol. The molecule has 414 valence electrons. The highest BCUT2D eigenvalue weighted by molar-refractivity contribution is 5.70. The summed E-state index contributed by atoms with van der Waals surface area (Å²) in [5.74, 6) is -0.937. The van der Waals surface area contributed by atoms with Crippen LogP contribution in [0.4, 0.5) is 0 Å². The molecule has 0 spiro atoms. The van der Waals surface area contributed by atoms with E-state index in [1.807, 2.05) is 0 Å². The van der Waals surface area contributed by atoms with Crippen LogP contribution in [0.5, 0.6) is 0 Å². The molecule has 15 heteroatoms. The van der Waals surface area contributed by atoms with Crippen molar-refractivity contribution in [2.24, 2.45) is 0 Å². The fourth-order valence-corrected chi connectivity index (χ4v) is 8.70. The Balaban J connectivity index is 1.76. The average Bonchev–Trinajstić information content (AvgIpc) is 3.36. The summed E-state index contributed by atoms with van der Waals surface area (Å²) in [7, 11) is 0. The molecule has 0 aromatic carbocycles. The maximum atomic E-state index is 13.1. The maximum absolute atomic E-state index is 13.1. The number of rotatable bonds is 44. The van der Waals surface area contributed by atoms with E-state index in [1.165, 1.54) is 109 Å². The monoisotopic (exact) mass is 1010 g/mol. The number of allylic oxidation sites excluding steroid dienone is 6. The number of aliphatic hydroxyl groups excluding tert-OH is 7. The molecule has 7 N–H and O–H groups in total. The largest absolute Gasteiger partial charge is 0.462 e. The standard InChI is InChI=1S/C56H100O15/c1-3-5-7-9-11-13-15-17-19-20-21-22-23-24-25-27-29-31-33-35-37-39-48(59)69-44(41-66-47(58)38-36-34-32-30-28-26-18-16-14-12-10-8-6-4-2)42-67-55-54(65)52(63)50(61)46(71-55)43-68-56-53(64)51(62)49(60)45(40-57)70-56/h10,12,16-19,44-46,49-57,60-65H,3-9,11,13-15,20-43H2,1-2H3/b12-10+,18-16+,19-17+/t44-,45+,46+,49-,50-,51?,52?,53?,54?,55+,56+/m1/s1. The highest BCUT2D eigenvalue weighted by atomic mass is 16.7. The zero-order valence-corrected chi connectivity index (χ0v) is 44.0. The van der Waals surface area contributed by atoms with E-state index in [4.69, 9.17) is 28.4 Å². The molecule has 0 radical (unpaired) electrons. The lowest BCUT2D eigenvalue weighted by Crippen LogP contribution is -2.61. The van der Waals surface area contributed by atoms with Gasteiger partial charge in [0.15, 0.2) is 18.7 Å². The summed E-state index contributed by atoms with van der Waals surface area (Å²) >= 11 is 0. The number of unbranched alkanes of at least 4 members (excludes halogenated alkanes) is 24. The molecule has 0 bridgehead atoms. The summed E-state index contributed by atoms with van der Waals surface area (Å²) < 4.78 is 33.6. The SMILES string of the molecule is CCCC/C=C/C/C=C/CCCCCCCC(=O)OC[C@H](CO[C@H]1O[C@@H](CO[C@H]2O[C@@H](CO)[C@@H](O)C(O)C2O)[C@@H](O)C(O)C1O)OC(=O)CCCCCCCCCCCCC/C=C/CCCCCCCC. The molecule has 0 aliphatic carbocycles. The van der Waals surface area contributed by atoms with Gasteiger partial charge in [0.25, 0.3) is 0 Å². The van der Waals surface area contributed by atoms with Crippen molar-refractivity contribution in [3.63, 3.8) is 0 Å². The van der Waals surface area contributed by atoms with Gasteiger partial charge >= 0.3 is 11.9 Å². The maximum Gasteiger partial charge on any atom is 0.306 e. The van der Waals surface area contributed by atoms with E-state index < -0.39 is 92.7 Å². The lowest BCUT2D eigenvalue weighted by atomic mass is 9.98. The van der Waals surface area contributed by atoms with E-state index >= 15 is 0 Å².